The molecule has 4 N–H and O–H groups in total. The molecule has 0 radical (unpaired) electrons. The van der Waals surface area contributed by atoms with Crippen LogP contribution < -0.4 is 15.8 Å². The van der Waals surface area contributed by atoms with Crippen molar-refractivity contribution in [3.8, 4) is 17.0 Å². The first-order chi connectivity index (χ1) is 9.76. The Morgan fingerprint density at radius 3 is 3.10 bits per heavy atom. The number of hydrogen-bond donors (Lipinski definition) is 3. The molecule has 6 heteroatoms. The Labute approximate surface area is 116 Å². The number of hydrogen-bond acceptors (Lipinski definition) is 4. The standard InChI is InChI=1S/C14H16N4O2/c15-5-3-10-8-11(18-17-10)9-1-2-13-12(7-9)16-14(19)4-6-20-13/h1-2,7-8H,3-6,15H2,(H,16,19)(H,17,18). The van der Waals surface area contributed by atoms with Crippen molar-refractivity contribution >= 4 is 11.6 Å². The average molecular weight is 272 g/mol. The molecule has 104 valence electrons. The van der Waals surface area contributed by atoms with Gasteiger partial charge in [0.1, 0.15) is 5.75 Å². The molecule has 0 fully saturated rings. The average Bonchev–Trinajstić information content (AvgIpc) is 2.81. The molecule has 0 atom stereocenters. The molecule has 0 aliphatic carbocycles. The van der Waals surface area contributed by atoms with Crippen LogP contribution in [0.1, 0.15) is 12.1 Å². The molecule has 0 unspecified atom stereocenters. The summed E-state index contributed by atoms with van der Waals surface area (Å²) in [5, 5.41) is 10.1. The highest BCUT2D eigenvalue weighted by molar-refractivity contribution is 5.94. The number of benzene rings is 1. The second kappa shape index (κ2) is 5.34. The van der Waals surface area contributed by atoms with Gasteiger partial charge in [-0.1, -0.05) is 0 Å². The zero-order valence-corrected chi connectivity index (χ0v) is 11.0. The summed E-state index contributed by atoms with van der Waals surface area (Å²) in [7, 11) is 0. The van der Waals surface area contributed by atoms with Crippen molar-refractivity contribution in [3.63, 3.8) is 0 Å². The van der Waals surface area contributed by atoms with E-state index in [4.69, 9.17) is 10.5 Å². The molecule has 3 rings (SSSR count). The number of carbonyl (C=O) groups is 1. The number of carbonyl (C=O) groups excluding carboxylic acids is 1. The number of H-pyrrole nitrogens is 1. The summed E-state index contributed by atoms with van der Waals surface area (Å²) >= 11 is 0. The third kappa shape index (κ3) is 2.50. The maximum absolute atomic E-state index is 11.6. The zero-order valence-electron chi connectivity index (χ0n) is 11.0. The quantitative estimate of drug-likeness (QED) is 0.785. The number of fused-ring (bicyclic) bond motifs is 1. The van der Waals surface area contributed by atoms with E-state index in [0.717, 1.165) is 23.4 Å². The second-order valence-corrected chi connectivity index (χ2v) is 4.67. The van der Waals surface area contributed by atoms with Gasteiger partial charge in [0.15, 0.2) is 0 Å². The number of nitrogens with one attached hydrogen (secondary N) is 2. The lowest BCUT2D eigenvalue weighted by atomic mass is 10.1. The van der Waals surface area contributed by atoms with Crippen LogP contribution in [0.4, 0.5) is 5.69 Å². The highest BCUT2D eigenvalue weighted by Gasteiger charge is 2.15. The van der Waals surface area contributed by atoms with Crippen molar-refractivity contribution in [1.82, 2.24) is 10.2 Å². The highest BCUT2D eigenvalue weighted by atomic mass is 16.5. The minimum atomic E-state index is -0.0354. The lowest BCUT2D eigenvalue weighted by Crippen LogP contribution is -2.10. The first-order valence-corrected chi connectivity index (χ1v) is 6.57. The molecule has 1 aromatic carbocycles. The van der Waals surface area contributed by atoms with Gasteiger partial charge in [-0.2, -0.15) is 5.10 Å². The van der Waals surface area contributed by atoms with Crippen molar-refractivity contribution in [3.05, 3.63) is 30.0 Å². The molecule has 6 nitrogen and oxygen atoms in total. The van der Waals surface area contributed by atoms with Crippen molar-refractivity contribution < 1.29 is 9.53 Å². The number of nitrogens with zero attached hydrogens (tertiary/aromatic N) is 1. The lowest BCUT2D eigenvalue weighted by Gasteiger charge is -2.08. The van der Waals surface area contributed by atoms with Gasteiger partial charge in [-0.25, -0.2) is 0 Å². The molecule has 0 saturated carbocycles. The lowest BCUT2D eigenvalue weighted by molar-refractivity contribution is -0.116. The summed E-state index contributed by atoms with van der Waals surface area (Å²) in [6.07, 6.45) is 1.13. The van der Waals surface area contributed by atoms with E-state index >= 15 is 0 Å². The van der Waals surface area contributed by atoms with Crippen molar-refractivity contribution in [2.24, 2.45) is 5.73 Å². The van der Waals surface area contributed by atoms with Gasteiger partial charge < -0.3 is 15.8 Å². The first-order valence-electron chi connectivity index (χ1n) is 6.57. The summed E-state index contributed by atoms with van der Waals surface area (Å²) in [6, 6.07) is 7.63. The minimum Gasteiger partial charge on any atom is -0.491 e. The van der Waals surface area contributed by atoms with Gasteiger partial charge in [-0.3, -0.25) is 9.89 Å². The molecule has 1 aliphatic heterocycles. The van der Waals surface area contributed by atoms with E-state index in [1.54, 1.807) is 0 Å². The van der Waals surface area contributed by atoms with Gasteiger partial charge in [0.05, 0.1) is 24.4 Å². The van der Waals surface area contributed by atoms with Crippen molar-refractivity contribution in [2.45, 2.75) is 12.8 Å². The summed E-state index contributed by atoms with van der Waals surface area (Å²) in [5.41, 5.74) is 8.96. The van der Waals surface area contributed by atoms with Gasteiger partial charge >= 0.3 is 0 Å². The monoisotopic (exact) mass is 272 g/mol. The minimum absolute atomic E-state index is 0.0354. The smallest absolute Gasteiger partial charge is 0.227 e. The van der Waals surface area contributed by atoms with Crippen LogP contribution in [0.2, 0.25) is 0 Å². The fraction of sp³-hybridized carbons (Fsp3) is 0.286. The Hall–Kier alpha value is -2.34. The van der Waals surface area contributed by atoms with E-state index in [2.05, 4.69) is 15.5 Å². The third-order valence-electron chi connectivity index (χ3n) is 3.18. The molecule has 20 heavy (non-hydrogen) atoms. The predicted octanol–water partition coefficient (Wildman–Crippen LogP) is 1.30. The van der Waals surface area contributed by atoms with Crippen LogP contribution in [0.25, 0.3) is 11.3 Å². The molecule has 0 bridgehead atoms. The van der Waals surface area contributed by atoms with Crippen LogP contribution in [0.15, 0.2) is 24.3 Å². The fourth-order valence-electron chi connectivity index (χ4n) is 2.17. The Morgan fingerprint density at radius 2 is 2.25 bits per heavy atom. The van der Waals surface area contributed by atoms with Crippen molar-refractivity contribution in [2.75, 3.05) is 18.5 Å². The number of nitrogens with two attached hydrogens (primary N) is 1. The van der Waals surface area contributed by atoms with E-state index in [0.29, 0.717) is 31.0 Å². The van der Waals surface area contributed by atoms with E-state index in [1.165, 1.54) is 0 Å². The second-order valence-electron chi connectivity index (χ2n) is 4.67. The van der Waals surface area contributed by atoms with Crippen molar-refractivity contribution in [1.29, 1.82) is 0 Å². The number of aromatic amines is 1. The number of rotatable bonds is 3. The Kier molecular flexibility index (Phi) is 3.39. The molecule has 2 heterocycles. The van der Waals surface area contributed by atoms with Gasteiger partial charge in [0.25, 0.3) is 0 Å². The largest absolute Gasteiger partial charge is 0.491 e. The number of anilines is 1. The van der Waals surface area contributed by atoms with E-state index in [-0.39, 0.29) is 5.91 Å². The van der Waals surface area contributed by atoms with E-state index in [9.17, 15) is 4.79 Å². The molecular weight excluding hydrogens is 256 g/mol. The Bertz CT molecular complexity index is 636. The summed E-state index contributed by atoms with van der Waals surface area (Å²) < 4.78 is 5.53. The van der Waals surface area contributed by atoms with Crippen LogP contribution in [-0.2, 0) is 11.2 Å². The fourth-order valence-corrected chi connectivity index (χ4v) is 2.17. The third-order valence-corrected chi connectivity index (χ3v) is 3.18. The molecule has 0 spiro atoms. The molecule has 2 aromatic rings. The van der Waals surface area contributed by atoms with Gasteiger partial charge in [-0.15, -0.1) is 0 Å². The maximum atomic E-state index is 11.6. The van der Waals surface area contributed by atoms with Crippen LogP contribution in [0.5, 0.6) is 5.75 Å². The number of amides is 1. The Balaban J connectivity index is 1.92. The molecule has 0 saturated heterocycles. The molecule has 1 aromatic heterocycles. The van der Waals surface area contributed by atoms with Gasteiger partial charge in [0, 0.05) is 17.7 Å². The highest BCUT2D eigenvalue weighted by Crippen LogP contribution is 2.31. The normalized spacial score (nSPS) is 14.2. The molecule has 1 aliphatic rings. The van der Waals surface area contributed by atoms with E-state index < -0.39 is 0 Å². The molecule has 1 amide bonds. The number of ether oxygens (including phenoxy) is 1. The first kappa shape index (κ1) is 12.7. The molecular formula is C14H16N4O2. The van der Waals surface area contributed by atoms with Crippen LogP contribution >= 0.6 is 0 Å². The predicted molar refractivity (Wildman–Crippen MR) is 75.5 cm³/mol. The van der Waals surface area contributed by atoms with E-state index in [1.807, 2.05) is 24.3 Å². The SMILES string of the molecule is NCCc1cc(-c2ccc3c(c2)NC(=O)CCO3)n[nH]1. The van der Waals surface area contributed by atoms with Gasteiger partial charge in [-0.05, 0) is 30.8 Å². The summed E-state index contributed by atoms with van der Waals surface area (Å²) in [5.74, 6) is 0.657. The topological polar surface area (TPSA) is 93.0 Å². The summed E-state index contributed by atoms with van der Waals surface area (Å²) in [6.45, 7) is 0.983. The Morgan fingerprint density at radius 1 is 1.35 bits per heavy atom. The van der Waals surface area contributed by atoms with Crippen LogP contribution in [0, 0.1) is 0 Å². The maximum Gasteiger partial charge on any atom is 0.227 e. The number of aromatic nitrogens is 2. The van der Waals surface area contributed by atoms with Gasteiger partial charge in [0.2, 0.25) is 5.91 Å². The van der Waals surface area contributed by atoms with Crippen LogP contribution in [-0.4, -0.2) is 29.3 Å². The van der Waals surface area contributed by atoms with Crippen LogP contribution in [0.3, 0.4) is 0 Å². The zero-order chi connectivity index (χ0) is 13.9. The summed E-state index contributed by atoms with van der Waals surface area (Å²) in [4.78, 5) is 11.6.